The van der Waals surface area contributed by atoms with Crippen LogP contribution in [0.4, 0.5) is 5.69 Å². The maximum absolute atomic E-state index is 12.4. The third kappa shape index (κ3) is 3.35. The molecule has 24 heavy (non-hydrogen) atoms. The van der Waals surface area contributed by atoms with Crippen molar-refractivity contribution in [3.8, 4) is 0 Å². The van der Waals surface area contributed by atoms with Crippen LogP contribution in [0, 0.1) is 5.92 Å². The van der Waals surface area contributed by atoms with Gasteiger partial charge in [-0.25, -0.2) is 0 Å². The van der Waals surface area contributed by atoms with Crippen molar-refractivity contribution < 1.29 is 9.59 Å². The molecule has 126 valence electrons. The molecular weight excluding hydrogens is 302 g/mol. The highest BCUT2D eigenvalue weighted by molar-refractivity contribution is 6.42. The number of nitrogens with zero attached hydrogens (tertiary/aromatic N) is 3. The standard InChI is InChI=1S/C19H23N3O2/c1-20-11-6-9-17(20)18(23)19(24)21(2)13-15-10-12-22(14-15)16-7-4-3-5-8-16/h3-9,11,15H,10,12-14H2,1-2H3. The zero-order valence-corrected chi connectivity index (χ0v) is 14.2. The first kappa shape index (κ1) is 16.3. The number of rotatable bonds is 5. The molecule has 1 amide bonds. The van der Waals surface area contributed by atoms with Gasteiger partial charge in [0.1, 0.15) is 0 Å². The van der Waals surface area contributed by atoms with Gasteiger partial charge in [-0.3, -0.25) is 9.59 Å². The first-order chi connectivity index (χ1) is 11.6. The van der Waals surface area contributed by atoms with E-state index in [0.29, 0.717) is 18.2 Å². The smallest absolute Gasteiger partial charge is 0.296 e. The number of para-hydroxylation sites is 1. The van der Waals surface area contributed by atoms with Gasteiger partial charge in [-0.15, -0.1) is 0 Å². The molecule has 1 saturated heterocycles. The van der Waals surface area contributed by atoms with Crippen LogP contribution in [0.15, 0.2) is 48.7 Å². The van der Waals surface area contributed by atoms with Crippen molar-refractivity contribution in [2.45, 2.75) is 6.42 Å². The minimum Gasteiger partial charge on any atom is -0.371 e. The SMILES string of the molecule is CN(CC1CCN(c2ccccc2)C1)C(=O)C(=O)c1cccn1C. The van der Waals surface area contributed by atoms with Crippen molar-refractivity contribution in [3.05, 3.63) is 54.4 Å². The Morgan fingerprint density at radius 1 is 1.17 bits per heavy atom. The van der Waals surface area contributed by atoms with E-state index < -0.39 is 11.7 Å². The Morgan fingerprint density at radius 2 is 1.92 bits per heavy atom. The number of carbonyl (C=O) groups excluding carboxylic acids is 2. The highest BCUT2D eigenvalue weighted by Gasteiger charge is 2.28. The van der Waals surface area contributed by atoms with E-state index in [-0.39, 0.29) is 0 Å². The van der Waals surface area contributed by atoms with Gasteiger partial charge >= 0.3 is 0 Å². The summed E-state index contributed by atoms with van der Waals surface area (Å²) in [4.78, 5) is 28.6. The number of carbonyl (C=O) groups is 2. The molecule has 0 N–H and O–H groups in total. The van der Waals surface area contributed by atoms with E-state index in [4.69, 9.17) is 0 Å². The second kappa shape index (κ2) is 6.91. The van der Waals surface area contributed by atoms with Gasteiger partial charge in [0.15, 0.2) is 0 Å². The normalized spacial score (nSPS) is 17.1. The van der Waals surface area contributed by atoms with E-state index in [0.717, 1.165) is 19.5 Å². The quantitative estimate of drug-likeness (QED) is 0.625. The van der Waals surface area contributed by atoms with Gasteiger partial charge < -0.3 is 14.4 Å². The van der Waals surface area contributed by atoms with Crippen LogP contribution in [0.25, 0.3) is 0 Å². The summed E-state index contributed by atoms with van der Waals surface area (Å²) >= 11 is 0. The van der Waals surface area contributed by atoms with Crippen molar-refractivity contribution in [1.82, 2.24) is 9.47 Å². The van der Waals surface area contributed by atoms with E-state index in [2.05, 4.69) is 17.0 Å². The molecule has 5 heteroatoms. The fourth-order valence-electron chi connectivity index (χ4n) is 3.31. The highest BCUT2D eigenvalue weighted by atomic mass is 16.2. The van der Waals surface area contributed by atoms with Crippen molar-refractivity contribution >= 4 is 17.4 Å². The Morgan fingerprint density at radius 3 is 2.58 bits per heavy atom. The molecule has 1 aliphatic rings. The van der Waals surface area contributed by atoms with Gasteiger partial charge in [0, 0.05) is 45.6 Å². The highest BCUT2D eigenvalue weighted by Crippen LogP contribution is 2.24. The minimum absolute atomic E-state index is 0.389. The Hall–Kier alpha value is -2.56. The number of benzene rings is 1. The molecule has 3 rings (SSSR count). The lowest BCUT2D eigenvalue weighted by Crippen LogP contribution is -2.38. The van der Waals surface area contributed by atoms with Gasteiger partial charge in [-0.05, 0) is 36.6 Å². The molecule has 1 unspecified atom stereocenters. The lowest BCUT2D eigenvalue weighted by atomic mass is 10.1. The number of hydrogen-bond donors (Lipinski definition) is 0. The van der Waals surface area contributed by atoms with Gasteiger partial charge in [0.2, 0.25) is 0 Å². The summed E-state index contributed by atoms with van der Waals surface area (Å²) in [6, 6.07) is 13.8. The predicted molar refractivity (Wildman–Crippen MR) is 94.1 cm³/mol. The van der Waals surface area contributed by atoms with E-state index >= 15 is 0 Å². The van der Waals surface area contributed by atoms with E-state index in [1.807, 2.05) is 18.2 Å². The number of hydrogen-bond acceptors (Lipinski definition) is 3. The van der Waals surface area contributed by atoms with Crippen LogP contribution in [0.2, 0.25) is 0 Å². The molecule has 0 saturated carbocycles. The molecule has 5 nitrogen and oxygen atoms in total. The Labute approximate surface area is 142 Å². The fourth-order valence-corrected chi connectivity index (χ4v) is 3.31. The average molecular weight is 325 g/mol. The van der Waals surface area contributed by atoms with Crippen LogP contribution in [-0.2, 0) is 11.8 Å². The first-order valence-electron chi connectivity index (χ1n) is 8.27. The summed E-state index contributed by atoms with van der Waals surface area (Å²) in [7, 11) is 3.49. The molecule has 0 aliphatic carbocycles. The van der Waals surface area contributed by atoms with Gasteiger partial charge in [0.05, 0.1) is 5.69 Å². The molecule has 2 aromatic rings. The number of Topliss-reactive ketones (excluding diaryl/α,β-unsaturated/α-hetero) is 1. The van der Waals surface area contributed by atoms with Crippen LogP contribution in [0.3, 0.4) is 0 Å². The fraction of sp³-hybridized carbons (Fsp3) is 0.368. The largest absolute Gasteiger partial charge is 0.371 e. The minimum atomic E-state index is -0.442. The summed E-state index contributed by atoms with van der Waals surface area (Å²) in [5.41, 5.74) is 1.65. The van der Waals surface area contributed by atoms with Gasteiger partial charge in [-0.1, -0.05) is 18.2 Å². The van der Waals surface area contributed by atoms with Crippen molar-refractivity contribution in [2.75, 3.05) is 31.6 Å². The summed E-state index contributed by atoms with van der Waals surface area (Å²) in [5.74, 6) is -0.488. The van der Waals surface area contributed by atoms with Crippen molar-refractivity contribution in [1.29, 1.82) is 0 Å². The maximum atomic E-state index is 12.4. The van der Waals surface area contributed by atoms with Crippen molar-refractivity contribution in [3.63, 3.8) is 0 Å². The number of likely N-dealkylation sites (N-methyl/N-ethyl adjacent to an activating group) is 1. The number of anilines is 1. The number of ketones is 1. The second-order valence-corrected chi connectivity index (χ2v) is 6.46. The zero-order valence-electron chi connectivity index (χ0n) is 14.2. The predicted octanol–water partition coefficient (Wildman–Crippen LogP) is 2.19. The van der Waals surface area contributed by atoms with Crippen LogP contribution >= 0.6 is 0 Å². The molecule has 1 atom stereocenters. The third-order valence-electron chi connectivity index (χ3n) is 4.66. The summed E-state index contributed by atoms with van der Waals surface area (Å²) in [6.45, 7) is 2.51. The molecule has 0 spiro atoms. The topological polar surface area (TPSA) is 45.6 Å². The number of amides is 1. The molecule has 1 aromatic carbocycles. The first-order valence-corrected chi connectivity index (χ1v) is 8.27. The summed E-state index contributed by atoms with van der Waals surface area (Å²) < 4.78 is 1.68. The van der Waals surface area contributed by atoms with Crippen LogP contribution in [0.1, 0.15) is 16.9 Å². The second-order valence-electron chi connectivity index (χ2n) is 6.46. The summed E-state index contributed by atoms with van der Waals surface area (Å²) in [6.07, 6.45) is 2.81. The van der Waals surface area contributed by atoms with E-state index in [1.165, 1.54) is 5.69 Å². The van der Waals surface area contributed by atoms with Gasteiger partial charge in [0.25, 0.3) is 11.7 Å². The number of aromatic nitrogens is 1. The number of aryl methyl sites for hydroxylation is 1. The molecule has 0 radical (unpaired) electrons. The lowest BCUT2D eigenvalue weighted by Gasteiger charge is -2.22. The van der Waals surface area contributed by atoms with Crippen LogP contribution in [-0.4, -0.2) is 47.8 Å². The van der Waals surface area contributed by atoms with Crippen LogP contribution < -0.4 is 4.90 Å². The molecule has 1 fully saturated rings. The Balaban J connectivity index is 1.57. The zero-order chi connectivity index (χ0) is 17.1. The average Bonchev–Trinajstić information content (AvgIpc) is 3.23. The molecule has 2 heterocycles. The molecular formula is C19H23N3O2. The maximum Gasteiger partial charge on any atom is 0.296 e. The van der Waals surface area contributed by atoms with E-state index in [1.54, 1.807) is 41.9 Å². The molecule has 1 aromatic heterocycles. The summed E-state index contributed by atoms with van der Waals surface area (Å²) in [5, 5.41) is 0. The Bertz CT molecular complexity index is 723. The van der Waals surface area contributed by atoms with E-state index in [9.17, 15) is 9.59 Å². The van der Waals surface area contributed by atoms with Gasteiger partial charge in [-0.2, -0.15) is 0 Å². The van der Waals surface area contributed by atoms with Crippen LogP contribution in [0.5, 0.6) is 0 Å². The molecule has 1 aliphatic heterocycles. The Kier molecular flexibility index (Phi) is 4.69. The molecule has 0 bridgehead atoms. The monoisotopic (exact) mass is 325 g/mol. The van der Waals surface area contributed by atoms with Crippen molar-refractivity contribution in [2.24, 2.45) is 13.0 Å². The third-order valence-corrected chi connectivity index (χ3v) is 4.66. The lowest BCUT2D eigenvalue weighted by molar-refractivity contribution is -0.125.